The van der Waals surface area contributed by atoms with E-state index in [2.05, 4.69) is 49.5 Å². The highest BCUT2D eigenvalue weighted by molar-refractivity contribution is 7.98. The summed E-state index contributed by atoms with van der Waals surface area (Å²) in [4.78, 5) is 17.8. The van der Waals surface area contributed by atoms with Gasteiger partial charge in [-0.2, -0.15) is 31.8 Å². The zero-order chi connectivity index (χ0) is 42.3. The number of azo groups is 1. The second-order valence-electron chi connectivity index (χ2n) is 13.3. The third kappa shape index (κ3) is 10.5. The number of benzene rings is 4. The Hall–Kier alpha value is -5.60. The zero-order valence-electron chi connectivity index (χ0n) is 33.0. The van der Waals surface area contributed by atoms with E-state index in [9.17, 15) is 25.9 Å². The van der Waals surface area contributed by atoms with E-state index in [0.29, 0.717) is 53.0 Å². The molecular formula is C40H46N10O6S3. The van der Waals surface area contributed by atoms with Gasteiger partial charge in [0.05, 0.1) is 22.0 Å². The number of aromatic nitrogens is 3. The summed E-state index contributed by atoms with van der Waals surface area (Å²) in [5.74, 6) is 0.514. The Bertz CT molecular complexity index is 2730. The molecule has 16 nitrogen and oxygen atoms in total. The normalized spacial score (nSPS) is 12.7. The highest BCUT2D eigenvalue weighted by Gasteiger charge is 2.19. The highest BCUT2D eigenvalue weighted by Crippen LogP contribution is 2.35. The minimum Gasteiger partial charge on any atom is -0.397 e. The van der Waals surface area contributed by atoms with E-state index in [1.165, 1.54) is 36.0 Å². The topological polar surface area (TPSA) is 229 Å². The Morgan fingerprint density at radius 2 is 1.36 bits per heavy atom. The first kappa shape index (κ1) is 43.0. The first-order valence-electron chi connectivity index (χ1n) is 19.0. The van der Waals surface area contributed by atoms with Gasteiger partial charge in [0.15, 0.2) is 5.16 Å². The molecule has 1 heterocycles. The number of thioether (sulfide) groups is 1. The average molecular weight is 859 g/mol. The van der Waals surface area contributed by atoms with Gasteiger partial charge in [0.25, 0.3) is 20.2 Å². The lowest BCUT2D eigenvalue weighted by Crippen LogP contribution is -2.28. The van der Waals surface area contributed by atoms with Crippen molar-refractivity contribution in [3.63, 3.8) is 0 Å². The molecule has 0 fully saturated rings. The fourth-order valence-corrected chi connectivity index (χ4v) is 8.49. The number of nitrogen functional groups attached to an aromatic ring is 1. The van der Waals surface area contributed by atoms with E-state index in [1.807, 2.05) is 50.3 Å². The van der Waals surface area contributed by atoms with E-state index in [4.69, 9.17) is 15.7 Å². The molecule has 310 valence electrons. The first-order chi connectivity index (χ1) is 28.2. The second-order valence-corrected chi connectivity index (χ2v) is 17.1. The van der Waals surface area contributed by atoms with Gasteiger partial charge in [-0.05, 0) is 106 Å². The van der Waals surface area contributed by atoms with Gasteiger partial charge in [-0.3, -0.25) is 9.11 Å². The van der Waals surface area contributed by atoms with Crippen LogP contribution >= 0.6 is 11.8 Å². The van der Waals surface area contributed by atoms with Crippen LogP contribution in [0.3, 0.4) is 0 Å². The largest absolute Gasteiger partial charge is 0.397 e. The molecule has 5 aromatic rings. The maximum atomic E-state index is 12.5. The Labute approximate surface area is 347 Å². The second kappa shape index (κ2) is 18.5. The molecule has 0 amide bonds. The number of rotatable bonds is 17. The van der Waals surface area contributed by atoms with Crippen molar-refractivity contribution in [2.45, 2.75) is 61.2 Å². The molecule has 19 heteroatoms. The molecule has 0 radical (unpaired) electrons. The summed E-state index contributed by atoms with van der Waals surface area (Å²) in [6, 6.07) is 20.1. The van der Waals surface area contributed by atoms with Crippen molar-refractivity contribution in [2.24, 2.45) is 10.2 Å². The summed E-state index contributed by atoms with van der Waals surface area (Å²) in [5, 5.41) is 17.1. The van der Waals surface area contributed by atoms with Crippen LogP contribution in [0.5, 0.6) is 0 Å². The number of anilines is 7. The van der Waals surface area contributed by atoms with Gasteiger partial charge >= 0.3 is 0 Å². The van der Waals surface area contributed by atoms with E-state index in [-0.39, 0.29) is 38.3 Å². The van der Waals surface area contributed by atoms with Crippen LogP contribution < -0.4 is 36.6 Å². The maximum Gasteiger partial charge on any atom is 0.296 e. The lowest BCUT2D eigenvalue weighted by molar-refractivity contribution is 0.481. The van der Waals surface area contributed by atoms with E-state index < -0.39 is 20.2 Å². The van der Waals surface area contributed by atoms with Crippen LogP contribution in [0.1, 0.15) is 46.1 Å². The molecule has 6 rings (SSSR count). The number of fused-ring (bicyclic) bond motifs is 1. The lowest BCUT2D eigenvalue weighted by Gasteiger charge is -2.22. The van der Waals surface area contributed by atoms with Gasteiger partial charge in [-0.15, -0.1) is 10.2 Å². The minimum absolute atomic E-state index is 0.0210. The van der Waals surface area contributed by atoms with Gasteiger partial charge in [0, 0.05) is 48.5 Å². The van der Waals surface area contributed by atoms with E-state index in [0.717, 1.165) is 36.1 Å². The lowest BCUT2D eigenvalue weighted by atomic mass is 10.1. The van der Waals surface area contributed by atoms with Crippen LogP contribution in [0, 0.1) is 0 Å². The van der Waals surface area contributed by atoms with Crippen LogP contribution in [0.2, 0.25) is 0 Å². The summed E-state index contributed by atoms with van der Waals surface area (Å²) in [7, 11) is -9.05. The van der Waals surface area contributed by atoms with E-state index >= 15 is 0 Å². The molecule has 0 saturated carbocycles. The summed E-state index contributed by atoms with van der Waals surface area (Å²) >= 11 is 1.21. The third-order valence-corrected chi connectivity index (χ3v) is 12.2. The van der Waals surface area contributed by atoms with Crippen molar-refractivity contribution in [3.05, 3.63) is 88.8 Å². The summed E-state index contributed by atoms with van der Waals surface area (Å²) < 4.78 is 68.4. The monoisotopic (exact) mass is 858 g/mol. The molecule has 0 saturated heterocycles. The van der Waals surface area contributed by atoms with Crippen LogP contribution in [0.15, 0.2) is 98.0 Å². The van der Waals surface area contributed by atoms with Crippen molar-refractivity contribution >= 4 is 95.9 Å². The van der Waals surface area contributed by atoms with Crippen molar-refractivity contribution in [2.75, 3.05) is 52.3 Å². The van der Waals surface area contributed by atoms with Crippen molar-refractivity contribution < 1.29 is 25.9 Å². The standard InChI is InChI=1S/C40H46N10O6S3/c1-5-49(6-2)28-17-19-32(41)34(23-28)42-38-44-39(46-40(45-38)57-25-26-12-11-14-30(22-26)58(51,52)53)43-35-24-29(50(7-3)8-4)18-20-33(35)47-48-37-31-15-10-9-13-27(31)16-21-36(37)59(54,55)56/h11-24H,5-10,25,41H2,1-4H3,(H,51,52,53)(H,54,55,56)(H2,42,43,44,45,46). The van der Waals surface area contributed by atoms with Crippen LogP contribution in [0.4, 0.5) is 51.7 Å². The first-order valence-corrected chi connectivity index (χ1v) is 22.8. The fourth-order valence-electron chi connectivity index (χ4n) is 6.53. The Kier molecular flexibility index (Phi) is 13.5. The van der Waals surface area contributed by atoms with Crippen molar-refractivity contribution in [3.8, 4) is 0 Å². The molecule has 1 aromatic heterocycles. The summed E-state index contributed by atoms with van der Waals surface area (Å²) in [6.45, 7) is 11.2. The SMILES string of the molecule is CCN(CC)c1ccc(N)c(Nc2nc(Nc3cc(N(CC)CC)ccc3N=Nc3c(S(=O)(=O)O)ccc4c3=CCCC=4)nc(SCc3cccc(S(=O)(=O)O)c3)n2)c1. The Morgan fingerprint density at radius 3 is 2.00 bits per heavy atom. The van der Waals surface area contributed by atoms with Gasteiger partial charge in [0.1, 0.15) is 16.3 Å². The predicted octanol–water partition coefficient (Wildman–Crippen LogP) is 7.19. The van der Waals surface area contributed by atoms with Crippen molar-refractivity contribution in [1.82, 2.24) is 15.0 Å². The molecule has 0 bridgehead atoms. The molecule has 4 aromatic carbocycles. The number of hydrogen-bond donors (Lipinski definition) is 5. The molecule has 0 unspecified atom stereocenters. The third-order valence-electron chi connectivity index (χ3n) is 9.58. The summed E-state index contributed by atoms with van der Waals surface area (Å²) in [6.07, 6.45) is 5.31. The minimum atomic E-state index is -4.64. The number of nitrogens with one attached hydrogen (secondary N) is 2. The molecular weight excluding hydrogens is 813 g/mol. The summed E-state index contributed by atoms with van der Waals surface area (Å²) in [5.41, 5.74) is 10.6. The molecule has 6 N–H and O–H groups in total. The van der Waals surface area contributed by atoms with Gasteiger partial charge in [-0.1, -0.05) is 42.1 Å². The van der Waals surface area contributed by atoms with Crippen LogP contribution in [-0.2, 0) is 26.0 Å². The molecule has 0 aliphatic heterocycles. The smallest absolute Gasteiger partial charge is 0.296 e. The number of nitrogens with zero attached hydrogens (tertiary/aromatic N) is 7. The Morgan fingerprint density at radius 1 is 0.729 bits per heavy atom. The van der Waals surface area contributed by atoms with Gasteiger partial charge < -0.3 is 26.2 Å². The molecule has 59 heavy (non-hydrogen) atoms. The average Bonchev–Trinajstić information content (AvgIpc) is 3.21. The number of nitrogens with two attached hydrogens (primary N) is 1. The molecule has 1 aliphatic rings. The van der Waals surface area contributed by atoms with Gasteiger partial charge in [0.2, 0.25) is 11.9 Å². The van der Waals surface area contributed by atoms with Gasteiger partial charge in [-0.25, -0.2) is 0 Å². The molecule has 1 aliphatic carbocycles. The predicted molar refractivity (Wildman–Crippen MR) is 234 cm³/mol. The van der Waals surface area contributed by atoms with Crippen molar-refractivity contribution in [1.29, 1.82) is 0 Å². The van der Waals surface area contributed by atoms with E-state index in [1.54, 1.807) is 24.3 Å². The maximum absolute atomic E-state index is 12.5. The quantitative estimate of drug-likeness (QED) is 0.0270. The fraction of sp³-hybridized carbons (Fsp3) is 0.275. The Balaban J connectivity index is 1.45. The highest BCUT2D eigenvalue weighted by atomic mass is 32.2. The molecule has 0 spiro atoms. The molecule has 0 atom stereocenters. The van der Waals surface area contributed by atoms with Crippen LogP contribution in [0.25, 0.3) is 12.2 Å². The van der Waals surface area contributed by atoms with Crippen LogP contribution in [-0.4, -0.2) is 67.1 Å². The zero-order valence-corrected chi connectivity index (χ0v) is 35.4. The number of hydrogen-bond acceptors (Lipinski definition) is 15.